The molecule has 0 radical (unpaired) electrons. The summed E-state index contributed by atoms with van der Waals surface area (Å²) in [6.07, 6.45) is 0.896. The fraction of sp³-hybridized carbons (Fsp3) is 0.789. The molecule has 7 atom stereocenters. The van der Waals surface area contributed by atoms with E-state index in [0.29, 0.717) is 13.0 Å². The third kappa shape index (κ3) is 2.05. The highest BCUT2D eigenvalue weighted by Crippen LogP contribution is 2.72. The van der Waals surface area contributed by atoms with Gasteiger partial charge in [-0.3, -0.25) is 9.59 Å². The van der Waals surface area contributed by atoms with Gasteiger partial charge >= 0.3 is 11.9 Å². The summed E-state index contributed by atoms with van der Waals surface area (Å²) in [4.78, 5) is 23.4. The lowest BCUT2D eigenvalue weighted by molar-refractivity contribution is -0.233. The number of ether oxygens (including phenoxy) is 4. The number of aliphatic hydroxyl groups excluding tert-OH is 1. The van der Waals surface area contributed by atoms with Crippen molar-refractivity contribution in [3.8, 4) is 0 Å². The van der Waals surface area contributed by atoms with Crippen LogP contribution in [0.15, 0.2) is 11.6 Å². The molecule has 0 unspecified atom stereocenters. The van der Waals surface area contributed by atoms with Crippen molar-refractivity contribution in [2.75, 3.05) is 13.2 Å². The second kappa shape index (κ2) is 5.53. The summed E-state index contributed by atoms with van der Waals surface area (Å²) >= 11 is 0. The molecule has 2 aliphatic heterocycles. The minimum atomic E-state index is -0.986. The van der Waals surface area contributed by atoms with Crippen molar-refractivity contribution >= 4 is 11.9 Å². The third-order valence-electron chi connectivity index (χ3n) is 7.08. The van der Waals surface area contributed by atoms with Gasteiger partial charge in [-0.25, -0.2) is 0 Å². The van der Waals surface area contributed by atoms with Gasteiger partial charge in [0.25, 0.3) is 0 Å². The number of epoxide rings is 1. The van der Waals surface area contributed by atoms with Gasteiger partial charge in [0.2, 0.25) is 0 Å². The van der Waals surface area contributed by atoms with Gasteiger partial charge in [-0.15, -0.1) is 0 Å². The van der Waals surface area contributed by atoms with Crippen LogP contribution in [-0.4, -0.2) is 60.3 Å². The van der Waals surface area contributed by atoms with Crippen molar-refractivity contribution in [3.63, 3.8) is 0 Å². The largest absolute Gasteiger partial charge is 0.465 e. The van der Waals surface area contributed by atoms with Crippen LogP contribution in [0.25, 0.3) is 0 Å². The molecule has 0 aromatic heterocycles. The van der Waals surface area contributed by atoms with E-state index in [1.165, 1.54) is 19.4 Å². The van der Waals surface area contributed by atoms with Gasteiger partial charge in [0.15, 0.2) is 0 Å². The van der Waals surface area contributed by atoms with Crippen LogP contribution in [-0.2, 0) is 28.5 Å². The Kier molecular flexibility index (Phi) is 3.82. The first-order chi connectivity index (χ1) is 12.2. The minimum absolute atomic E-state index is 0.135. The lowest BCUT2D eigenvalue weighted by Crippen LogP contribution is -2.66. The molecule has 2 saturated heterocycles. The number of hydrogen-bond acceptors (Lipinski definition) is 7. The molecule has 0 aromatic rings. The van der Waals surface area contributed by atoms with Gasteiger partial charge in [-0.05, 0) is 19.8 Å². The molecule has 7 heteroatoms. The molecular formula is C19H26O7. The lowest BCUT2D eigenvalue weighted by Gasteiger charge is -2.58. The van der Waals surface area contributed by atoms with E-state index in [1.807, 2.05) is 13.8 Å². The monoisotopic (exact) mass is 366 g/mol. The van der Waals surface area contributed by atoms with Gasteiger partial charge in [-0.2, -0.15) is 0 Å². The average molecular weight is 366 g/mol. The summed E-state index contributed by atoms with van der Waals surface area (Å²) in [6, 6.07) is 0. The van der Waals surface area contributed by atoms with Crippen LogP contribution in [0.5, 0.6) is 0 Å². The van der Waals surface area contributed by atoms with E-state index < -0.39 is 40.7 Å². The summed E-state index contributed by atoms with van der Waals surface area (Å²) in [5.41, 5.74) is -0.890. The molecule has 1 saturated carbocycles. The molecule has 0 amide bonds. The number of esters is 2. The van der Waals surface area contributed by atoms with E-state index in [4.69, 9.17) is 18.9 Å². The summed E-state index contributed by atoms with van der Waals surface area (Å²) < 4.78 is 23.3. The molecule has 7 nitrogen and oxygen atoms in total. The van der Waals surface area contributed by atoms with Gasteiger partial charge < -0.3 is 24.1 Å². The second-order valence-electron chi connectivity index (χ2n) is 8.33. The van der Waals surface area contributed by atoms with Crippen LogP contribution < -0.4 is 0 Å². The third-order valence-corrected chi connectivity index (χ3v) is 7.08. The maximum Gasteiger partial charge on any atom is 0.303 e. The SMILES string of the molecule is CC(=O)OC[C@]12CCC(C)=C[C@H]1O[C@H]1[C@@H](O)[C@@H](OC(C)=O)[C@]2(C)[C@]12CO2. The van der Waals surface area contributed by atoms with Crippen LogP contribution in [0, 0.1) is 10.8 Å². The molecule has 4 aliphatic rings. The summed E-state index contributed by atoms with van der Waals surface area (Å²) in [5, 5.41) is 10.9. The lowest BCUT2D eigenvalue weighted by atomic mass is 9.51. The number of aliphatic hydroxyl groups is 1. The first-order valence-corrected chi connectivity index (χ1v) is 9.13. The number of rotatable bonds is 3. The highest BCUT2D eigenvalue weighted by Gasteiger charge is 2.85. The Morgan fingerprint density at radius 1 is 1.35 bits per heavy atom. The zero-order valence-corrected chi connectivity index (χ0v) is 15.6. The maximum absolute atomic E-state index is 11.8. The highest BCUT2D eigenvalue weighted by molar-refractivity contribution is 5.67. The van der Waals surface area contributed by atoms with E-state index in [1.54, 1.807) is 0 Å². The Morgan fingerprint density at radius 3 is 2.62 bits per heavy atom. The molecule has 1 N–H and O–H groups in total. The highest BCUT2D eigenvalue weighted by atomic mass is 16.7. The number of carbonyl (C=O) groups is 2. The van der Waals surface area contributed by atoms with Crippen molar-refractivity contribution < 1.29 is 33.6 Å². The molecule has 3 fully saturated rings. The van der Waals surface area contributed by atoms with E-state index in [-0.39, 0.29) is 18.7 Å². The van der Waals surface area contributed by atoms with Gasteiger partial charge in [0.05, 0.1) is 18.1 Å². The summed E-state index contributed by atoms with van der Waals surface area (Å²) in [5.74, 6) is -0.830. The Labute approximate surface area is 152 Å². The van der Waals surface area contributed by atoms with Crippen LogP contribution >= 0.6 is 0 Å². The summed E-state index contributed by atoms with van der Waals surface area (Å²) in [7, 11) is 0. The average Bonchev–Trinajstić information content (AvgIpc) is 3.34. The zero-order chi connectivity index (χ0) is 18.9. The number of hydrogen-bond donors (Lipinski definition) is 1. The van der Waals surface area contributed by atoms with E-state index in [2.05, 4.69) is 6.08 Å². The van der Waals surface area contributed by atoms with Crippen LogP contribution in [0.2, 0.25) is 0 Å². The van der Waals surface area contributed by atoms with Crippen molar-refractivity contribution in [1.82, 2.24) is 0 Å². The molecule has 2 aliphatic carbocycles. The quantitative estimate of drug-likeness (QED) is 0.454. The normalized spacial score (nSPS) is 48.6. The van der Waals surface area contributed by atoms with Crippen molar-refractivity contribution in [2.45, 2.75) is 70.6 Å². The standard InChI is InChI=1S/C19H26O7/c1-10-5-6-18(8-23-11(2)20)13(7-10)26-16-14(22)15(25-12(3)21)17(18,4)19(16)9-24-19/h7,13-16,22H,5-6,8-9H2,1-4H3/t13-,14+,15-,16+,17+,18-,19+/m1/s1. The second-order valence-corrected chi connectivity index (χ2v) is 8.33. The van der Waals surface area contributed by atoms with Gasteiger partial charge in [-0.1, -0.05) is 18.6 Å². The zero-order valence-electron chi connectivity index (χ0n) is 15.6. The van der Waals surface area contributed by atoms with E-state index in [9.17, 15) is 14.7 Å². The number of carbonyl (C=O) groups excluding carboxylic acids is 2. The fourth-order valence-electron chi connectivity index (χ4n) is 5.60. The molecule has 1 spiro atoms. The smallest absolute Gasteiger partial charge is 0.303 e. The molecule has 26 heavy (non-hydrogen) atoms. The van der Waals surface area contributed by atoms with E-state index in [0.717, 1.165) is 6.42 Å². The number of fused-ring (bicyclic) bond motifs is 2. The first-order valence-electron chi connectivity index (χ1n) is 9.13. The number of allylic oxidation sites excluding steroid dienone is 1. The Hall–Kier alpha value is -1.44. The van der Waals surface area contributed by atoms with Crippen molar-refractivity contribution in [1.29, 1.82) is 0 Å². The minimum Gasteiger partial charge on any atom is -0.465 e. The predicted molar refractivity (Wildman–Crippen MR) is 89.1 cm³/mol. The molecule has 144 valence electrons. The van der Waals surface area contributed by atoms with E-state index >= 15 is 0 Å². The van der Waals surface area contributed by atoms with Gasteiger partial charge in [0, 0.05) is 19.3 Å². The van der Waals surface area contributed by atoms with Gasteiger partial charge in [0.1, 0.15) is 30.5 Å². The van der Waals surface area contributed by atoms with Crippen molar-refractivity contribution in [3.05, 3.63) is 11.6 Å². The van der Waals surface area contributed by atoms with Crippen molar-refractivity contribution in [2.24, 2.45) is 10.8 Å². The predicted octanol–water partition coefficient (Wildman–Crippen LogP) is 1.12. The molecule has 4 rings (SSSR count). The maximum atomic E-state index is 11.8. The molecular weight excluding hydrogens is 340 g/mol. The Morgan fingerprint density at radius 2 is 2.04 bits per heavy atom. The summed E-state index contributed by atoms with van der Waals surface area (Å²) in [6.45, 7) is 7.31. The van der Waals surface area contributed by atoms with Crippen LogP contribution in [0.4, 0.5) is 0 Å². The van der Waals surface area contributed by atoms with Crippen LogP contribution in [0.1, 0.15) is 40.5 Å². The fourth-order valence-corrected chi connectivity index (χ4v) is 5.60. The first kappa shape index (κ1) is 17.9. The Balaban J connectivity index is 1.86. The molecule has 2 bridgehead atoms. The Bertz CT molecular complexity index is 681. The molecule has 0 aromatic carbocycles. The van der Waals surface area contributed by atoms with Crippen LogP contribution in [0.3, 0.4) is 0 Å². The topological polar surface area (TPSA) is 94.6 Å². The molecule has 2 heterocycles.